The first kappa shape index (κ1) is 25.9. The fourth-order valence-electron chi connectivity index (χ4n) is 3.96. The van der Waals surface area contributed by atoms with E-state index in [2.05, 4.69) is 10.1 Å². The maximum atomic E-state index is 13.4. The Labute approximate surface area is 213 Å². The van der Waals surface area contributed by atoms with Crippen LogP contribution in [0.15, 0.2) is 59.7 Å². The lowest BCUT2D eigenvalue weighted by molar-refractivity contribution is -0.145. The normalized spacial score (nSPS) is 18.1. The number of hydrazine groups is 1. The lowest BCUT2D eigenvalue weighted by Crippen LogP contribution is -2.44. The molecule has 1 N–H and O–H groups in total. The molecule has 4 rings (SSSR count). The zero-order valence-corrected chi connectivity index (χ0v) is 21.1. The maximum Gasteiger partial charge on any atom is 0.369 e. The summed E-state index contributed by atoms with van der Waals surface area (Å²) in [5.74, 6) is 0.0662. The largest absolute Gasteiger partial charge is 0.482 e. The van der Waals surface area contributed by atoms with Gasteiger partial charge in [0.15, 0.2) is 6.61 Å². The van der Waals surface area contributed by atoms with Crippen LogP contribution in [0.4, 0.5) is 4.79 Å². The zero-order chi connectivity index (χ0) is 25.3. The average Bonchev–Trinajstić information content (AvgIpc) is 3.32. The minimum absolute atomic E-state index is 0.138. The van der Waals surface area contributed by atoms with Crippen molar-refractivity contribution in [2.24, 2.45) is 5.10 Å². The van der Waals surface area contributed by atoms with E-state index in [1.807, 2.05) is 42.5 Å². The van der Waals surface area contributed by atoms with E-state index < -0.39 is 21.8 Å². The Morgan fingerprint density at radius 3 is 2.39 bits per heavy atom. The summed E-state index contributed by atoms with van der Waals surface area (Å²) >= 11 is 0. The van der Waals surface area contributed by atoms with Crippen molar-refractivity contribution in [1.29, 1.82) is 0 Å². The quantitative estimate of drug-likeness (QED) is 0.400. The van der Waals surface area contributed by atoms with Crippen molar-refractivity contribution < 1.29 is 28.9 Å². The summed E-state index contributed by atoms with van der Waals surface area (Å²) in [6, 6.07) is 16.6. The Balaban J connectivity index is 1.62. The molecule has 1 unspecified atom stereocenters. The summed E-state index contributed by atoms with van der Waals surface area (Å²) in [5, 5.41) is 18.6. The first-order chi connectivity index (χ1) is 17.6. The van der Waals surface area contributed by atoms with E-state index in [9.17, 15) is 14.7 Å². The number of aliphatic hydroxyl groups excluding tert-OH is 1. The monoisotopic (exact) mass is 513 g/mol. The van der Waals surface area contributed by atoms with Gasteiger partial charge in [0.2, 0.25) is 0 Å². The molecule has 36 heavy (non-hydrogen) atoms. The Morgan fingerprint density at radius 1 is 1.00 bits per heavy atom. The van der Waals surface area contributed by atoms with Gasteiger partial charge < -0.3 is 19.3 Å². The molecule has 0 amide bonds. The summed E-state index contributed by atoms with van der Waals surface area (Å²) in [6.07, 6.45) is 3.20. The van der Waals surface area contributed by atoms with E-state index in [-0.39, 0.29) is 19.8 Å². The number of nitrogens with zero attached hydrogens (tertiary/aromatic N) is 3. The SMILES string of the molecule is CCOC(=O)COc1ccc(C2=S(C(=O)OCc3ccccc3)C(CO)=NN2N2CCCCC2)cc1. The van der Waals surface area contributed by atoms with Crippen LogP contribution in [0.25, 0.3) is 0 Å². The molecule has 2 aliphatic heterocycles. The first-order valence-electron chi connectivity index (χ1n) is 12.0. The zero-order valence-electron chi connectivity index (χ0n) is 20.3. The third-order valence-corrected chi connectivity index (χ3v) is 7.60. The molecule has 0 bridgehead atoms. The van der Waals surface area contributed by atoms with Crippen LogP contribution in [-0.4, -0.2) is 69.4 Å². The summed E-state index contributed by atoms with van der Waals surface area (Å²) in [5.41, 5.74) is 1.64. The van der Waals surface area contributed by atoms with Crippen LogP contribution < -0.4 is 4.74 Å². The predicted molar refractivity (Wildman–Crippen MR) is 139 cm³/mol. The number of rotatable bonds is 9. The van der Waals surface area contributed by atoms with Crippen molar-refractivity contribution in [1.82, 2.24) is 10.1 Å². The van der Waals surface area contributed by atoms with Crippen molar-refractivity contribution in [2.45, 2.75) is 32.8 Å². The van der Waals surface area contributed by atoms with Crippen LogP contribution >= 0.6 is 10.5 Å². The molecule has 0 spiro atoms. The van der Waals surface area contributed by atoms with Crippen molar-refractivity contribution >= 4 is 31.8 Å². The second kappa shape index (κ2) is 12.7. The number of carbonyl (C=O) groups excluding carboxylic acids is 2. The molecule has 10 heteroatoms. The molecule has 1 fully saturated rings. The molecular weight excluding hydrogens is 482 g/mol. The molecule has 0 aromatic heterocycles. The number of esters is 1. The van der Waals surface area contributed by atoms with Crippen LogP contribution in [0.1, 0.15) is 37.3 Å². The molecule has 2 aromatic rings. The lowest BCUT2D eigenvalue weighted by atomic mass is 10.1. The lowest BCUT2D eigenvalue weighted by Gasteiger charge is -2.34. The van der Waals surface area contributed by atoms with E-state index in [0.29, 0.717) is 22.4 Å². The van der Waals surface area contributed by atoms with E-state index in [1.54, 1.807) is 24.2 Å². The van der Waals surface area contributed by atoms with Crippen molar-refractivity contribution in [3.05, 3.63) is 65.7 Å². The van der Waals surface area contributed by atoms with Crippen LogP contribution in [0, 0.1) is 0 Å². The fraction of sp³-hybridized carbons (Fsp3) is 0.385. The van der Waals surface area contributed by atoms with Crippen LogP contribution in [0.3, 0.4) is 0 Å². The molecule has 1 saturated heterocycles. The highest BCUT2D eigenvalue weighted by Crippen LogP contribution is 2.34. The standard InChI is InChI=1S/C26H31N3O6S/c1-2-33-24(31)19-34-22-13-11-21(12-14-22)25-29(28-15-7-4-8-16-28)27-23(17-30)36(25)26(32)35-18-20-9-5-3-6-10-20/h3,5-6,9-14,30H,2,4,7-8,15-19H2,1H3. The highest BCUT2D eigenvalue weighted by Gasteiger charge is 2.35. The molecule has 0 saturated carbocycles. The number of hydrogen-bond acceptors (Lipinski definition) is 9. The van der Waals surface area contributed by atoms with Gasteiger partial charge in [-0.2, -0.15) is 15.2 Å². The van der Waals surface area contributed by atoms with Gasteiger partial charge >= 0.3 is 11.3 Å². The van der Waals surface area contributed by atoms with E-state index >= 15 is 0 Å². The van der Waals surface area contributed by atoms with Crippen molar-refractivity contribution in [3.63, 3.8) is 0 Å². The second-order valence-electron chi connectivity index (χ2n) is 8.21. The number of hydrogen-bond donors (Lipinski definition) is 1. The van der Waals surface area contributed by atoms with E-state index in [4.69, 9.17) is 14.2 Å². The first-order valence-corrected chi connectivity index (χ1v) is 13.3. The molecule has 0 aliphatic carbocycles. The summed E-state index contributed by atoms with van der Waals surface area (Å²) in [7, 11) is -1.20. The maximum absolute atomic E-state index is 13.4. The molecule has 0 radical (unpaired) electrons. The van der Waals surface area contributed by atoms with Gasteiger partial charge in [0.1, 0.15) is 22.4 Å². The van der Waals surface area contributed by atoms with Crippen molar-refractivity contribution in [2.75, 3.05) is 32.9 Å². The number of aliphatic hydroxyl groups is 1. The van der Waals surface area contributed by atoms with Gasteiger partial charge in [-0.3, -0.25) is 0 Å². The number of benzene rings is 2. The molecule has 2 aliphatic rings. The topological polar surface area (TPSA) is 101 Å². The minimum atomic E-state index is -1.20. The number of carbonyl (C=O) groups is 2. The molecule has 1 atom stereocenters. The van der Waals surface area contributed by atoms with Gasteiger partial charge in [0.25, 0.3) is 0 Å². The number of ether oxygens (including phenoxy) is 3. The van der Waals surface area contributed by atoms with Crippen molar-refractivity contribution in [3.8, 4) is 5.75 Å². The minimum Gasteiger partial charge on any atom is -0.482 e. The summed E-state index contributed by atoms with van der Waals surface area (Å²) < 4.78 is 16.1. The Morgan fingerprint density at radius 2 is 1.72 bits per heavy atom. The van der Waals surface area contributed by atoms with Crippen LogP contribution in [0.5, 0.6) is 5.75 Å². The van der Waals surface area contributed by atoms with Gasteiger partial charge in [-0.1, -0.05) is 36.8 Å². The van der Waals surface area contributed by atoms with Gasteiger partial charge in [-0.05, 0) is 60.1 Å². The van der Waals surface area contributed by atoms with E-state index in [1.165, 1.54) is 0 Å². The summed E-state index contributed by atoms with van der Waals surface area (Å²) in [6.45, 7) is 3.26. The van der Waals surface area contributed by atoms with Gasteiger partial charge in [-0.25, -0.2) is 9.59 Å². The Bertz CT molecular complexity index is 1110. The Hall–Kier alpha value is -3.21. The molecular formula is C26H31N3O6S. The third-order valence-electron chi connectivity index (χ3n) is 5.68. The average molecular weight is 514 g/mol. The smallest absolute Gasteiger partial charge is 0.369 e. The molecule has 2 heterocycles. The third kappa shape index (κ3) is 6.31. The molecule has 2 aromatic carbocycles. The van der Waals surface area contributed by atoms with Gasteiger partial charge in [-0.15, -0.1) is 0 Å². The van der Waals surface area contributed by atoms with Gasteiger partial charge in [0.05, 0.1) is 13.2 Å². The highest BCUT2D eigenvalue weighted by atomic mass is 32.2. The fourth-order valence-corrected chi connectivity index (χ4v) is 5.69. The molecule has 9 nitrogen and oxygen atoms in total. The van der Waals surface area contributed by atoms with E-state index in [0.717, 1.165) is 43.5 Å². The second-order valence-corrected chi connectivity index (χ2v) is 10.0. The van der Waals surface area contributed by atoms with Crippen LogP contribution in [-0.2, 0) is 20.9 Å². The number of hydrazone groups is 1. The van der Waals surface area contributed by atoms with Crippen LogP contribution in [0.2, 0.25) is 0 Å². The molecule has 192 valence electrons. The Kier molecular flexibility index (Phi) is 9.10. The van der Waals surface area contributed by atoms with Gasteiger partial charge in [0, 0.05) is 18.7 Å². The number of piperidine rings is 1. The highest BCUT2D eigenvalue weighted by molar-refractivity contribution is 8.40. The summed E-state index contributed by atoms with van der Waals surface area (Å²) in [4.78, 5) is 25.6. The predicted octanol–water partition coefficient (Wildman–Crippen LogP) is 3.73.